The van der Waals surface area contributed by atoms with Gasteiger partial charge in [0.2, 0.25) is 5.91 Å². The molecule has 7 heteroatoms. The minimum atomic E-state index is -0.997. The quantitative estimate of drug-likeness (QED) is 0.798. The van der Waals surface area contributed by atoms with E-state index < -0.39 is 29.5 Å². The number of carboxylic acids is 1. The molecule has 2 N–H and O–H groups in total. The van der Waals surface area contributed by atoms with Crippen molar-refractivity contribution < 1.29 is 24.2 Å². The van der Waals surface area contributed by atoms with E-state index >= 15 is 0 Å². The van der Waals surface area contributed by atoms with Gasteiger partial charge in [0.15, 0.2) is 0 Å². The average molecular weight is 342 g/mol. The van der Waals surface area contributed by atoms with Gasteiger partial charge in [-0.3, -0.25) is 9.59 Å². The van der Waals surface area contributed by atoms with Gasteiger partial charge >= 0.3 is 12.1 Å². The van der Waals surface area contributed by atoms with Crippen molar-refractivity contribution in [3.05, 3.63) is 0 Å². The number of carbonyl (C=O) groups excluding carboxylic acids is 2. The zero-order chi connectivity index (χ0) is 18.5. The van der Waals surface area contributed by atoms with Crippen LogP contribution in [0.2, 0.25) is 0 Å². The van der Waals surface area contributed by atoms with Gasteiger partial charge < -0.3 is 20.1 Å². The van der Waals surface area contributed by atoms with Crippen LogP contribution in [0, 0.1) is 17.8 Å². The van der Waals surface area contributed by atoms with Gasteiger partial charge in [-0.2, -0.15) is 0 Å². The second-order valence-corrected chi connectivity index (χ2v) is 7.83. The van der Waals surface area contributed by atoms with E-state index in [2.05, 4.69) is 19.2 Å². The number of likely N-dealkylation sites (tertiary alicyclic amines) is 1. The minimum absolute atomic E-state index is 0.0695. The summed E-state index contributed by atoms with van der Waals surface area (Å²) in [5.41, 5.74) is -0.664. The van der Waals surface area contributed by atoms with Crippen LogP contribution in [0.5, 0.6) is 0 Å². The number of hydrogen-bond acceptors (Lipinski definition) is 4. The molecule has 0 aromatic heterocycles. The van der Waals surface area contributed by atoms with E-state index in [1.807, 2.05) is 0 Å². The maximum Gasteiger partial charge on any atom is 0.410 e. The summed E-state index contributed by atoms with van der Waals surface area (Å²) in [6, 6.07) is 0. The highest BCUT2D eigenvalue weighted by Gasteiger charge is 2.38. The molecule has 1 aliphatic rings. The molecule has 1 aliphatic heterocycles. The third-order valence-corrected chi connectivity index (χ3v) is 3.84. The Morgan fingerprint density at radius 2 is 1.79 bits per heavy atom. The van der Waals surface area contributed by atoms with Crippen LogP contribution in [-0.2, 0) is 14.3 Å². The number of carbonyl (C=O) groups is 3. The molecule has 24 heavy (non-hydrogen) atoms. The highest BCUT2D eigenvalue weighted by atomic mass is 16.6. The molecule has 0 bridgehead atoms. The summed E-state index contributed by atoms with van der Waals surface area (Å²) in [5, 5.41) is 12.1. The first-order valence-corrected chi connectivity index (χ1v) is 8.48. The van der Waals surface area contributed by atoms with Crippen LogP contribution in [0.25, 0.3) is 0 Å². The Morgan fingerprint density at radius 1 is 1.21 bits per heavy atom. The number of carboxylic acid groups (broad SMARTS) is 1. The number of piperidine rings is 1. The molecule has 1 saturated heterocycles. The van der Waals surface area contributed by atoms with Crippen LogP contribution in [0.3, 0.4) is 0 Å². The highest BCUT2D eigenvalue weighted by molar-refractivity contribution is 5.82. The Kier molecular flexibility index (Phi) is 7.05. The zero-order valence-electron chi connectivity index (χ0n) is 15.3. The molecular formula is C17H30N2O5. The zero-order valence-corrected chi connectivity index (χ0v) is 15.3. The summed E-state index contributed by atoms with van der Waals surface area (Å²) in [5.74, 6) is -2.01. The van der Waals surface area contributed by atoms with Gasteiger partial charge in [0.1, 0.15) is 5.60 Å². The lowest BCUT2D eigenvalue weighted by Gasteiger charge is -2.36. The van der Waals surface area contributed by atoms with Crippen LogP contribution in [0.4, 0.5) is 4.79 Å². The van der Waals surface area contributed by atoms with Crippen molar-refractivity contribution in [3.8, 4) is 0 Å². The number of ether oxygens (including phenoxy) is 1. The van der Waals surface area contributed by atoms with E-state index in [1.54, 1.807) is 20.8 Å². The van der Waals surface area contributed by atoms with Gasteiger partial charge in [-0.25, -0.2) is 4.79 Å². The molecule has 7 nitrogen and oxygen atoms in total. The van der Waals surface area contributed by atoms with E-state index in [0.717, 1.165) is 6.42 Å². The summed E-state index contributed by atoms with van der Waals surface area (Å²) >= 11 is 0. The Bertz CT molecular complexity index is 470. The van der Waals surface area contributed by atoms with Crippen LogP contribution in [0.15, 0.2) is 0 Å². The van der Waals surface area contributed by atoms with Gasteiger partial charge in [-0.05, 0) is 39.5 Å². The number of amides is 2. The molecule has 0 aromatic carbocycles. The minimum Gasteiger partial charge on any atom is -0.481 e. The van der Waals surface area contributed by atoms with Crippen LogP contribution in [0.1, 0.15) is 47.5 Å². The van der Waals surface area contributed by atoms with Gasteiger partial charge in [-0.1, -0.05) is 13.8 Å². The maximum absolute atomic E-state index is 12.3. The van der Waals surface area contributed by atoms with E-state index in [1.165, 1.54) is 4.90 Å². The third-order valence-electron chi connectivity index (χ3n) is 3.84. The van der Waals surface area contributed by atoms with Crippen molar-refractivity contribution in [2.45, 2.75) is 53.1 Å². The van der Waals surface area contributed by atoms with Gasteiger partial charge in [0.05, 0.1) is 11.8 Å². The number of hydrogen-bond donors (Lipinski definition) is 2. The van der Waals surface area contributed by atoms with E-state index in [0.29, 0.717) is 12.5 Å². The maximum atomic E-state index is 12.3. The summed E-state index contributed by atoms with van der Waals surface area (Å²) in [7, 11) is 0. The fourth-order valence-electron chi connectivity index (χ4n) is 2.57. The first-order chi connectivity index (χ1) is 11.0. The van der Waals surface area contributed by atoms with Gasteiger partial charge in [0.25, 0.3) is 0 Å². The Hall–Kier alpha value is -1.79. The van der Waals surface area contributed by atoms with Crippen molar-refractivity contribution in [2.24, 2.45) is 17.8 Å². The number of rotatable bonds is 5. The lowest BCUT2D eigenvalue weighted by atomic mass is 9.88. The monoisotopic (exact) mass is 342 g/mol. The molecule has 138 valence electrons. The van der Waals surface area contributed by atoms with E-state index in [-0.39, 0.29) is 25.4 Å². The van der Waals surface area contributed by atoms with Crippen molar-refractivity contribution >= 4 is 18.0 Å². The number of nitrogens with one attached hydrogen (secondary N) is 1. The Balaban J connectivity index is 2.73. The lowest BCUT2D eigenvalue weighted by Crippen LogP contribution is -2.51. The smallest absolute Gasteiger partial charge is 0.410 e. The molecule has 0 spiro atoms. The predicted molar refractivity (Wildman–Crippen MR) is 89.5 cm³/mol. The van der Waals surface area contributed by atoms with Crippen molar-refractivity contribution in [2.75, 3.05) is 19.6 Å². The summed E-state index contributed by atoms with van der Waals surface area (Å²) in [6.45, 7) is 10.2. The largest absolute Gasteiger partial charge is 0.481 e. The van der Waals surface area contributed by atoms with E-state index in [9.17, 15) is 19.5 Å². The summed E-state index contributed by atoms with van der Waals surface area (Å²) < 4.78 is 5.31. The molecule has 0 radical (unpaired) electrons. The molecule has 0 saturated carbocycles. The molecule has 0 aromatic rings. The van der Waals surface area contributed by atoms with Crippen molar-refractivity contribution in [1.29, 1.82) is 0 Å². The van der Waals surface area contributed by atoms with Crippen LogP contribution in [-0.4, -0.2) is 53.2 Å². The molecule has 0 aliphatic carbocycles. The lowest BCUT2D eigenvalue weighted by molar-refractivity contribution is -0.145. The normalized spacial score (nSPS) is 21.5. The molecule has 1 fully saturated rings. The summed E-state index contributed by atoms with van der Waals surface area (Å²) in [4.78, 5) is 37.3. The molecule has 0 unspecified atom stereocenters. The standard InChI is InChI=1S/C17H30N2O5/c1-11(2)6-7-18-14(20)12-8-13(15(21)22)10-19(9-12)16(23)24-17(3,4)5/h11-13H,6-10H2,1-5H3,(H,18,20)(H,21,22)/t12-,13+/m1/s1. The molecule has 1 heterocycles. The fraction of sp³-hybridized carbons (Fsp3) is 0.824. The van der Waals surface area contributed by atoms with Gasteiger partial charge in [0, 0.05) is 19.6 Å². The van der Waals surface area contributed by atoms with Crippen LogP contribution >= 0.6 is 0 Å². The SMILES string of the molecule is CC(C)CCNC(=O)[C@@H]1C[C@H](C(=O)O)CN(C(=O)OC(C)(C)C)C1. The second kappa shape index (κ2) is 8.35. The topological polar surface area (TPSA) is 95.9 Å². The number of aliphatic carboxylic acids is 1. The highest BCUT2D eigenvalue weighted by Crippen LogP contribution is 2.24. The Labute approximate surface area is 143 Å². The molecule has 2 amide bonds. The third kappa shape index (κ3) is 6.76. The molecule has 1 rings (SSSR count). The number of nitrogens with zero attached hydrogens (tertiary/aromatic N) is 1. The van der Waals surface area contributed by atoms with E-state index in [4.69, 9.17) is 4.74 Å². The first kappa shape index (κ1) is 20.3. The first-order valence-electron chi connectivity index (χ1n) is 8.48. The van der Waals surface area contributed by atoms with Gasteiger partial charge in [-0.15, -0.1) is 0 Å². The second-order valence-electron chi connectivity index (χ2n) is 7.83. The van der Waals surface area contributed by atoms with Crippen molar-refractivity contribution in [3.63, 3.8) is 0 Å². The Morgan fingerprint density at radius 3 is 2.29 bits per heavy atom. The summed E-state index contributed by atoms with van der Waals surface area (Å²) in [6.07, 6.45) is 0.520. The molecule has 2 atom stereocenters. The molecular weight excluding hydrogens is 312 g/mol. The average Bonchev–Trinajstić information content (AvgIpc) is 2.44. The predicted octanol–water partition coefficient (Wildman–Crippen LogP) is 2.11. The fourth-order valence-corrected chi connectivity index (χ4v) is 2.57. The van der Waals surface area contributed by atoms with Crippen LogP contribution < -0.4 is 5.32 Å². The van der Waals surface area contributed by atoms with Crippen molar-refractivity contribution in [1.82, 2.24) is 10.2 Å².